The average molecular weight is 420 g/mol. The van der Waals surface area contributed by atoms with Crippen LogP contribution in [0.25, 0.3) is 11.0 Å². The topological polar surface area (TPSA) is 92.8 Å². The predicted molar refractivity (Wildman–Crippen MR) is 116 cm³/mol. The third kappa shape index (κ3) is 3.91. The Bertz CT molecular complexity index is 1100. The van der Waals surface area contributed by atoms with Crippen LogP contribution in [0.4, 0.5) is 0 Å². The molecule has 0 aromatic carbocycles. The van der Waals surface area contributed by atoms with Crippen LogP contribution in [0.15, 0.2) is 16.1 Å². The lowest BCUT2D eigenvalue weighted by Crippen LogP contribution is -2.43. The highest BCUT2D eigenvalue weighted by molar-refractivity contribution is 7.90. The van der Waals surface area contributed by atoms with E-state index < -0.39 is 17.9 Å². The van der Waals surface area contributed by atoms with Crippen LogP contribution in [0.5, 0.6) is 0 Å². The Hall–Kier alpha value is -1.98. The molecule has 0 aliphatic rings. The van der Waals surface area contributed by atoms with E-state index >= 15 is 0 Å². The van der Waals surface area contributed by atoms with Gasteiger partial charge in [0.25, 0.3) is 5.56 Å². The number of rotatable bonds is 4. The molecule has 28 heavy (non-hydrogen) atoms. The van der Waals surface area contributed by atoms with Gasteiger partial charge in [0, 0.05) is 23.6 Å². The molecule has 0 aliphatic heterocycles. The third-order valence-electron chi connectivity index (χ3n) is 5.59. The molecule has 0 bridgehead atoms. The Kier molecular flexibility index (Phi) is 6.21. The molecular formula is C20H29N3O3SSi. The minimum atomic E-state index is -3.57. The number of aromatic nitrogens is 3. The fourth-order valence-electron chi connectivity index (χ4n) is 4.10. The van der Waals surface area contributed by atoms with Crippen LogP contribution < -0.4 is 5.56 Å². The number of nitrogens with one attached hydrogen (secondary N) is 1. The summed E-state index contributed by atoms with van der Waals surface area (Å²) in [5.41, 5.74) is 5.95. The molecule has 2 rings (SSSR count). The van der Waals surface area contributed by atoms with E-state index in [2.05, 4.69) is 68.0 Å². The SMILES string of the molecule is Cc1c(C#C[Si](C(C)C)(C(C)C)C(C)C)c2cnc(S(C)(=O)=O)nc2[nH]c1=O. The minimum Gasteiger partial charge on any atom is -0.306 e. The summed E-state index contributed by atoms with van der Waals surface area (Å²) in [6.45, 7) is 15.1. The van der Waals surface area contributed by atoms with Crippen LogP contribution in [0.2, 0.25) is 16.6 Å². The zero-order valence-corrected chi connectivity index (χ0v) is 19.7. The second-order valence-electron chi connectivity index (χ2n) is 8.29. The van der Waals surface area contributed by atoms with Crippen LogP contribution in [0, 0.1) is 18.4 Å². The number of hydrogen-bond acceptors (Lipinski definition) is 5. The van der Waals surface area contributed by atoms with Crippen molar-refractivity contribution in [2.24, 2.45) is 0 Å². The Morgan fingerprint density at radius 1 is 1.07 bits per heavy atom. The molecule has 2 aromatic heterocycles. The molecule has 2 aromatic rings. The summed E-state index contributed by atoms with van der Waals surface area (Å²) in [7, 11) is -5.56. The molecule has 6 nitrogen and oxygen atoms in total. The smallest absolute Gasteiger partial charge is 0.253 e. The van der Waals surface area contributed by atoms with Gasteiger partial charge in [-0.25, -0.2) is 18.4 Å². The van der Waals surface area contributed by atoms with Gasteiger partial charge in [0.15, 0.2) is 0 Å². The molecule has 0 aliphatic carbocycles. The van der Waals surface area contributed by atoms with Crippen LogP contribution in [0.1, 0.15) is 52.7 Å². The molecule has 0 atom stereocenters. The second-order valence-corrected chi connectivity index (χ2v) is 15.8. The summed E-state index contributed by atoms with van der Waals surface area (Å²) >= 11 is 0. The number of sulfone groups is 1. The zero-order chi connectivity index (χ0) is 21.4. The van der Waals surface area contributed by atoms with Gasteiger partial charge in [-0.05, 0) is 23.5 Å². The number of aromatic amines is 1. The van der Waals surface area contributed by atoms with Gasteiger partial charge in [-0.2, -0.15) is 0 Å². The highest BCUT2D eigenvalue weighted by Crippen LogP contribution is 2.40. The van der Waals surface area contributed by atoms with Crippen molar-refractivity contribution in [3.63, 3.8) is 0 Å². The Morgan fingerprint density at radius 3 is 2.07 bits per heavy atom. The van der Waals surface area contributed by atoms with Crippen molar-refractivity contribution in [1.82, 2.24) is 15.0 Å². The minimum absolute atomic E-state index is 0.196. The first kappa shape index (κ1) is 22.3. The summed E-state index contributed by atoms with van der Waals surface area (Å²) in [5, 5.41) is 0.254. The molecule has 152 valence electrons. The van der Waals surface area contributed by atoms with E-state index in [4.69, 9.17) is 0 Å². The van der Waals surface area contributed by atoms with E-state index in [0.29, 0.717) is 33.1 Å². The summed E-state index contributed by atoms with van der Waals surface area (Å²) in [6, 6.07) is 0. The zero-order valence-electron chi connectivity index (χ0n) is 17.8. The van der Waals surface area contributed by atoms with Crippen molar-refractivity contribution in [2.75, 3.05) is 6.26 Å². The molecule has 0 unspecified atom stereocenters. The molecule has 0 radical (unpaired) electrons. The number of fused-ring (bicyclic) bond motifs is 1. The van der Waals surface area contributed by atoms with Gasteiger partial charge < -0.3 is 4.98 Å². The lowest BCUT2D eigenvalue weighted by molar-refractivity contribution is 0.593. The first-order valence-electron chi connectivity index (χ1n) is 9.45. The summed E-state index contributed by atoms with van der Waals surface area (Å²) in [4.78, 5) is 23.1. The maximum atomic E-state index is 12.4. The van der Waals surface area contributed by atoms with Crippen molar-refractivity contribution in [2.45, 2.75) is 70.2 Å². The fourth-order valence-corrected chi connectivity index (χ4v) is 9.81. The molecule has 0 spiro atoms. The van der Waals surface area contributed by atoms with Gasteiger partial charge >= 0.3 is 0 Å². The normalized spacial score (nSPS) is 12.7. The van der Waals surface area contributed by atoms with E-state index in [1.165, 1.54) is 6.20 Å². The van der Waals surface area contributed by atoms with E-state index in [1.54, 1.807) is 6.92 Å². The van der Waals surface area contributed by atoms with Crippen LogP contribution in [0.3, 0.4) is 0 Å². The van der Waals surface area contributed by atoms with Crippen molar-refractivity contribution in [1.29, 1.82) is 0 Å². The quantitative estimate of drug-likeness (QED) is 0.464. The average Bonchev–Trinajstić information content (AvgIpc) is 2.56. The fraction of sp³-hybridized carbons (Fsp3) is 0.550. The van der Waals surface area contributed by atoms with Crippen molar-refractivity contribution < 1.29 is 8.42 Å². The summed E-state index contributed by atoms with van der Waals surface area (Å²) < 4.78 is 23.5. The lowest BCUT2D eigenvalue weighted by atomic mass is 10.1. The third-order valence-corrected chi connectivity index (χ3v) is 12.7. The van der Waals surface area contributed by atoms with E-state index in [1.807, 2.05) is 0 Å². The highest BCUT2D eigenvalue weighted by Gasteiger charge is 2.41. The maximum Gasteiger partial charge on any atom is 0.253 e. The molecule has 8 heteroatoms. The van der Waals surface area contributed by atoms with Crippen molar-refractivity contribution in [3.8, 4) is 11.5 Å². The van der Waals surface area contributed by atoms with Crippen LogP contribution >= 0.6 is 0 Å². The van der Waals surface area contributed by atoms with E-state index in [9.17, 15) is 13.2 Å². The summed E-state index contributed by atoms with van der Waals surface area (Å²) in [6.07, 6.45) is 2.48. The Labute approximate surface area is 168 Å². The van der Waals surface area contributed by atoms with E-state index in [0.717, 1.165) is 6.26 Å². The first-order valence-corrected chi connectivity index (χ1v) is 13.6. The highest BCUT2D eigenvalue weighted by atomic mass is 32.2. The standard InChI is InChI=1S/C20H29N3O3SSi/c1-12(2)28(13(3)4,14(5)6)10-9-16-15(7)19(24)22-18-17(16)11-21-20(23-18)27(8,25)26/h11-14H,1-8H3,(H,21,22,23,24). The second kappa shape index (κ2) is 7.80. The Balaban J connectivity index is 2.83. The van der Waals surface area contributed by atoms with Gasteiger partial charge in [0.2, 0.25) is 15.0 Å². The molecule has 1 N–H and O–H groups in total. The monoisotopic (exact) mass is 419 g/mol. The molecule has 0 amide bonds. The molecule has 0 saturated carbocycles. The van der Waals surface area contributed by atoms with E-state index in [-0.39, 0.29) is 16.4 Å². The Morgan fingerprint density at radius 2 is 1.61 bits per heavy atom. The first-order chi connectivity index (χ1) is 12.8. The number of pyridine rings is 1. The molecule has 0 saturated heterocycles. The van der Waals surface area contributed by atoms with Gasteiger partial charge in [-0.3, -0.25) is 4.79 Å². The van der Waals surface area contributed by atoms with Gasteiger partial charge in [-0.15, -0.1) is 5.54 Å². The van der Waals surface area contributed by atoms with Crippen molar-refractivity contribution >= 4 is 28.9 Å². The molecular weight excluding hydrogens is 390 g/mol. The predicted octanol–water partition coefficient (Wildman–Crippen LogP) is 3.60. The number of nitrogens with zero attached hydrogens (tertiary/aromatic N) is 2. The van der Waals surface area contributed by atoms with Gasteiger partial charge in [0.05, 0.1) is 5.39 Å². The largest absolute Gasteiger partial charge is 0.306 e. The lowest BCUT2D eigenvalue weighted by Gasteiger charge is -2.38. The van der Waals surface area contributed by atoms with Crippen LogP contribution in [-0.4, -0.2) is 37.7 Å². The van der Waals surface area contributed by atoms with Gasteiger partial charge in [-0.1, -0.05) is 47.5 Å². The maximum absolute atomic E-state index is 12.4. The summed E-state index contributed by atoms with van der Waals surface area (Å²) in [5.74, 6) is 3.30. The number of H-pyrrole nitrogens is 1. The molecule has 0 fully saturated rings. The molecule has 2 heterocycles. The van der Waals surface area contributed by atoms with Crippen molar-refractivity contribution in [3.05, 3.63) is 27.7 Å². The number of hydrogen-bond donors (Lipinski definition) is 1. The van der Waals surface area contributed by atoms with Gasteiger partial charge in [0.1, 0.15) is 13.7 Å². The van der Waals surface area contributed by atoms with Crippen LogP contribution in [-0.2, 0) is 9.84 Å².